The van der Waals surface area contributed by atoms with Crippen molar-refractivity contribution in [3.8, 4) is 5.13 Å². The van der Waals surface area contributed by atoms with Crippen molar-refractivity contribution >= 4 is 34.5 Å². The minimum Gasteiger partial charge on any atom is -0.456 e. The number of carbonyl (C=O) groups excluding carboxylic acids is 2. The van der Waals surface area contributed by atoms with E-state index >= 15 is 0 Å². The molecule has 180 valence electrons. The van der Waals surface area contributed by atoms with E-state index in [1.807, 2.05) is 0 Å². The quantitative estimate of drug-likeness (QED) is 0.208. The van der Waals surface area contributed by atoms with Gasteiger partial charge in [0.15, 0.2) is 11.7 Å². The Morgan fingerprint density at radius 3 is 2.59 bits per heavy atom. The Bertz CT molecular complexity index is 1240. The lowest BCUT2D eigenvalue weighted by atomic mass is 10.1. The molecule has 1 atom stereocenters. The zero-order chi connectivity index (χ0) is 25.2. The van der Waals surface area contributed by atoms with Crippen LogP contribution in [0.25, 0.3) is 5.13 Å². The SMILES string of the molecule is Cc1cc(C(=O)COC(=O)C(C)Nc2ccc(C(F)(F)F)cc2[N+](=O)[O-])c(C)n1-c1nccs1. The van der Waals surface area contributed by atoms with Gasteiger partial charge >= 0.3 is 12.1 Å². The highest BCUT2D eigenvalue weighted by atomic mass is 32.1. The number of nitrogens with one attached hydrogen (secondary N) is 1. The zero-order valence-electron chi connectivity index (χ0n) is 18.2. The van der Waals surface area contributed by atoms with Crippen LogP contribution in [0.15, 0.2) is 35.8 Å². The van der Waals surface area contributed by atoms with Gasteiger partial charge in [0.2, 0.25) is 5.78 Å². The normalized spacial score (nSPS) is 12.3. The number of nitrogens with zero attached hydrogens (tertiary/aromatic N) is 3. The summed E-state index contributed by atoms with van der Waals surface area (Å²) >= 11 is 1.39. The van der Waals surface area contributed by atoms with Crippen molar-refractivity contribution in [2.75, 3.05) is 11.9 Å². The maximum absolute atomic E-state index is 12.9. The number of nitro groups is 1. The van der Waals surface area contributed by atoms with Crippen molar-refractivity contribution in [2.24, 2.45) is 0 Å². The van der Waals surface area contributed by atoms with E-state index in [-0.39, 0.29) is 5.69 Å². The molecule has 9 nitrogen and oxygen atoms in total. The summed E-state index contributed by atoms with van der Waals surface area (Å²) in [6, 6.07) is 2.38. The molecule has 34 heavy (non-hydrogen) atoms. The van der Waals surface area contributed by atoms with E-state index in [9.17, 15) is 32.9 Å². The van der Waals surface area contributed by atoms with Crippen LogP contribution >= 0.6 is 11.3 Å². The molecule has 2 heterocycles. The second kappa shape index (κ2) is 9.63. The van der Waals surface area contributed by atoms with Gasteiger partial charge in [0.1, 0.15) is 11.7 Å². The molecule has 0 fully saturated rings. The number of anilines is 1. The monoisotopic (exact) mass is 496 g/mol. The topological polar surface area (TPSA) is 116 Å². The lowest BCUT2D eigenvalue weighted by molar-refractivity contribution is -0.384. The Morgan fingerprint density at radius 1 is 1.29 bits per heavy atom. The molecule has 0 aliphatic carbocycles. The Hall–Kier alpha value is -3.74. The number of halogens is 3. The van der Waals surface area contributed by atoms with Crippen LogP contribution in [0.4, 0.5) is 24.5 Å². The number of thiazole rings is 1. The van der Waals surface area contributed by atoms with Crippen LogP contribution in [0, 0.1) is 24.0 Å². The van der Waals surface area contributed by atoms with Crippen LogP contribution in [0.5, 0.6) is 0 Å². The molecule has 1 unspecified atom stereocenters. The number of rotatable bonds is 8. The van der Waals surface area contributed by atoms with Gasteiger partial charge in [-0.15, -0.1) is 11.3 Å². The maximum Gasteiger partial charge on any atom is 0.416 e. The molecule has 0 saturated heterocycles. The van der Waals surface area contributed by atoms with Gasteiger partial charge in [0, 0.05) is 34.6 Å². The maximum atomic E-state index is 12.9. The first-order valence-corrected chi connectivity index (χ1v) is 10.7. The fourth-order valence-corrected chi connectivity index (χ4v) is 4.03. The molecule has 3 aromatic rings. The van der Waals surface area contributed by atoms with Crippen LogP contribution in [0.1, 0.15) is 34.2 Å². The summed E-state index contributed by atoms with van der Waals surface area (Å²) in [6.45, 7) is 4.27. The first-order valence-electron chi connectivity index (χ1n) is 9.81. The smallest absolute Gasteiger partial charge is 0.416 e. The number of nitro benzene ring substituents is 1. The summed E-state index contributed by atoms with van der Waals surface area (Å²) in [4.78, 5) is 39.4. The number of carbonyl (C=O) groups is 2. The highest BCUT2D eigenvalue weighted by Gasteiger charge is 2.33. The molecule has 2 aromatic heterocycles. The summed E-state index contributed by atoms with van der Waals surface area (Å²) < 4.78 is 45.4. The first-order chi connectivity index (χ1) is 15.9. The molecular formula is C21H19F3N4O5S. The van der Waals surface area contributed by atoms with Crippen molar-refractivity contribution in [3.63, 3.8) is 0 Å². The molecule has 0 aliphatic rings. The van der Waals surface area contributed by atoms with Gasteiger partial charge < -0.3 is 10.1 Å². The van der Waals surface area contributed by atoms with Crippen molar-refractivity contribution in [1.29, 1.82) is 0 Å². The number of ketones is 1. The third kappa shape index (κ3) is 5.25. The molecule has 0 bridgehead atoms. The number of aromatic nitrogens is 2. The van der Waals surface area contributed by atoms with Gasteiger partial charge in [-0.25, -0.2) is 9.78 Å². The standard InChI is InChI=1S/C21H19F3N4O5S/c1-11-8-15(13(3)27(11)20-25-6-7-34-20)18(29)10-33-19(30)12(2)26-16-5-4-14(21(22,23)24)9-17(16)28(31)32/h4-9,12,26H,10H2,1-3H3. The molecule has 3 rings (SSSR count). The third-order valence-corrected chi connectivity index (χ3v) is 5.69. The zero-order valence-corrected chi connectivity index (χ0v) is 19.0. The molecule has 1 aromatic carbocycles. The minimum absolute atomic E-state index is 0.291. The van der Waals surface area contributed by atoms with E-state index in [1.54, 1.807) is 36.1 Å². The fourth-order valence-electron chi connectivity index (χ4n) is 3.28. The third-order valence-electron chi connectivity index (χ3n) is 4.93. The fraction of sp³-hybridized carbons (Fsp3) is 0.286. The summed E-state index contributed by atoms with van der Waals surface area (Å²) in [5.41, 5.74) is -0.590. The lowest BCUT2D eigenvalue weighted by Crippen LogP contribution is -2.30. The number of Topliss-reactive ketones (excluding diaryl/α,β-unsaturated/α-hetero) is 1. The Kier molecular flexibility index (Phi) is 7.05. The van der Waals surface area contributed by atoms with Crippen LogP contribution in [-0.2, 0) is 15.7 Å². The van der Waals surface area contributed by atoms with Crippen molar-refractivity contribution < 1.29 is 32.4 Å². The summed E-state index contributed by atoms with van der Waals surface area (Å²) in [7, 11) is 0. The van der Waals surface area contributed by atoms with Crippen LogP contribution < -0.4 is 5.32 Å². The van der Waals surface area contributed by atoms with Crippen molar-refractivity contribution in [3.05, 3.63) is 68.5 Å². The van der Waals surface area contributed by atoms with Crippen molar-refractivity contribution in [2.45, 2.75) is 33.0 Å². The minimum atomic E-state index is -4.76. The van der Waals surface area contributed by atoms with E-state index in [2.05, 4.69) is 10.3 Å². The second-order valence-electron chi connectivity index (χ2n) is 7.32. The second-order valence-corrected chi connectivity index (χ2v) is 8.19. The highest BCUT2D eigenvalue weighted by Crippen LogP contribution is 2.35. The largest absolute Gasteiger partial charge is 0.456 e. The van der Waals surface area contributed by atoms with E-state index in [0.717, 1.165) is 11.8 Å². The summed E-state index contributed by atoms with van der Waals surface area (Å²) in [5, 5.41) is 16.2. The number of alkyl halides is 3. The van der Waals surface area contributed by atoms with Gasteiger partial charge in [-0.2, -0.15) is 13.2 Å². The lowest BCUT2D eigenvalue weighted by Gasteiger charge is -2.15. The van der Waals surface area contributed by atoms with Gasteiger partial charge in [-0.1, -0.05) is 0 Å². The number of benzene rings is 1. The van der Waals surface area contributed by atoms with Gasteiger partial charge in [-0.05, 0) is 39.0 Å². The molecule has 0 radical (unpaired) electrons. The predicted octanol–water partition coefficient (Wildman–Crippen LogP) is 4.70. The van der Waals surface area contributed by atoms with Crippen LogP contribution in [-0.4, -0.2) is 38.9 Å². The predicted molar refractivity (Wildman–Crippen MR) is 117 cm³/mol. The van der Waals surface area contributed by atoms with Crippen LogP contribution in [0.2, 0.25) is 0 Å². The van der Waals surface area contributed by atoms with E-state index in [0.29, 0.717) is 28.5 Å². The number of aryl methyl sites for hydroxylation is 1. The number of esters is 1. The molecule has 0 amide bonds. The molecule has 13 heteroatoms. The Labute approximate surface area is 195 Å². The van der Waals surface area contributed by atoms with Gasteiger partial charge in [0.05, 0.1) is 10.5 Å². The Balaban J connectivity index is 1.68. The van der Waals surface area contributed by atoms with Crippen LogP contribution in [0.3, 0.4) is 0 Å². The highest BCUT2D eigenvalue weighted by molar-refractivity contribution is 7.12. The van der Waals surface area contributed by atoms with E-state index in [1.165, 1.54) is 18.3 Å². The molecule has 0 aliphatic heterocycles. The summed E-state index contributed by atoms with van der Waals surface area (Å²) in [5.74, 6) is -1.37. The number of ether oxygens (including phenoxy) is 1. The van der Waals surface area contributed by atoms with Gasteiger partial charge in [0.25, 0.3) is 5.69 Å². The number of hydrogen-bond donors (Lipinski definition) is 1. The molecule has 0 spiro atoms. The summed E-state index contributed by atoms with van der Waals surface area (Å²) in [6.07, 6.45) is -3.12. The van der Waals surface area contributed by atoms with E-state index in [4.69, 9.17) is 4.74 Å². The number of hydrogen-bond acceptors (Lipinski definition) is 8. The average Bonchev–Trinajstić information content (AvgIpc) is 3.38. The average molecular weight is 496 g/mol. The van der Waals surface area contributed by atoms with E-state index < -0.39 is 46.8 Å². The Morgan fingerprint density at radius 2 is 2.00 bits per heavy atom. The molecular weight excluding hydrogens is 477 g/mol. The van der Waals surface area contributed by atoms with Gasteiger partial charge in [-0.3, -0.25) is 19.5 Å². The molecule has 1 N–H and O–H groups in total. The first kappa shape index (κ1) is 24.9. The van der Waals surface area contributed by atoms with Crippen molar-refractivity contribution in [1.82, 2.24) is 9.55 Å². The molecule has 0 saturated carbocycles.